The Kier molecular flexibility index (Phi) is 6.13. The largest absolute Gasteiger partial charge is 0.494 e. The summed E-state index contributed by atoms with van der Waals surface area (Å²) in [6, 6.07) is 7.63. The summed E-state index contributed by atoms with van der Waals surface area (Å²) in [5.41, 5.74) is 3.05. The van der Waals surface area contributed by atoms with Gasteiger partial charge >= 0.3 is 0 Å². The van der Waals surface area contributed by atoms with E-state index in [0.29, 0.717) is 41.7 Å². The van der Waals surface area contributed by atoms with Crippen molar-refractivity contribution in [3.05, 3.63) is 48.1 Å². The number of rotatable bonds is 3. The van der Waals surface area contributed by atoms with Gasteiger partial charge in [0.1, 0.15) is 5.75 Å². The summed E-state index contributed by atoms with van der Waals surface area (Å²) in [7, 11) is 1.62. The van der Waals surface area contributed by atoms with Crippen LogP contribution in [-0.4, -0.2) is 67.2 Å². The number of piperidine rings is 1. The lowest BCUT2D eigenvalue weighted by molar-refractivity contribution is -0.136. The van der Waals surface area contributed by atoms with Gasteiger partial charge in [-0.1, -0.05) is 5.92 Å². The van der Waals surface area contributed by atoms with Crippen LogP contribution in [-0.2, 0) is 4.79 Å². The number of nitrogens with one attached hydrogen (secondary N) is 1. The molecule has 0 radical (unpaired) electrons. The first-order valence-corrected chi connectivity index (χ1v) is 11.4. The van der Waals surface area contributed by atoms with Crippen LogP contribution in [0.4, 0.5) is 5.69 Å². The molecule has 3 aromatic rings. The molecule has 4 heterocycles. The van der Waals surface area contributed by atoms with Gasteiger partial charge < -0.3 is 24.3 Å². The standard InChI is InChI=1S/C25H27N5O3/c1-32-21-6-5-20(24-23(21)28-22(33-24)7-4-18-3-2-10-27-17-18)29-13-15-30(16-14-29)25(31)19-8-11-26-12-9-19/h2-3,5-6,10,17,19,26H,8-9,11-16H2,1H3. The monoisotopic (exact) mass is 445 g/mol. The zero-order valence-corrected chi connectivity index (χ0v) is 18.7. The number of hydrogen-bond donors (Lipinski definition) is 1. The zero-order chi connectivity index (χ0) is 22.6. The number of pyridine rings is 1. The summed E-state index contributed by atoms with van der Waals surface area (Å²) in [6.07, 6.45) is 5.27. The summed E-state index contributed by atoms with van der Waals surface area (Å²) >= 11 is 0. The maximum Gasteiger partial charge on any atom is 0.274 e. The Morgan fingerprint density at radius 3 is 2.70 bits per heavy atom. The number of carbonyl (C=O) groups excluding carboxylic acids is 1. The van der Waals surface area contributed by atoms with Crippen LogP contribution in [0.15, 0.2) is 41.1 Å². The van der Waals surface area contributed by atoms with Gasteiger partial charge in [-0.3, -0.25) is 9.78 Å². The van der Waals surface area contributed by atoms with Crippen LogP contribution in [0.1, 0.15) is 24.3 Å². The topological polar surface area (TPSA) is 83.7 Å². The van der Waals surface area contributed by atoms with Crippen molar-refractivity contribution in [3.63, 3.8) is 0 Å². The molecule has 2 aromatic heterocycles. The van der Waals surface area contributed by atoms with E-state index in [1.54, 1.807) is 19.5 Å². The molecule has 0 spiro atoms. The second kappa shape index (κ2) is 9.51. The molecule has 2 saturated heterocycles. The van der Waals surface area contributed by atoms with Crippen LogP contribution in [0.5, 0.6) is 5.75 Å². The van der Waals surface area contributed by atoms with Crippen molar-refractivity contribution < 1.29 is 13.9 Å². The van der Waals surface area contributed by atoms with Crippen LogP contribution >= 0.6 is 0 Å². The molecule has 5 rings (SSSR count). The van der Waals surface area contributed by atoms with Gasteiger partial charge in [-0.05, 0) is 56.1 Å². The Morgan fingerprint density at radius 2 is 1.97 bits per heavy atom. The number of nitrogens with zero attached hydrogens (tertiary/aromatic N) is 4. The summed E-state index contributed by atoms with van der Waals surface area (Å²) < 4.78 is 11.6. The average Bonchev–Trinajstić information content (AvgIpc) is 3.32. The van der Waals surface area contributed by atoms with Gasteiger partial charge in [-0.25, -0.2) is 0 Å². The quantitative estimate of drug-likeness (QED) is 0.619. The van der Waals surface area contributed by atoms with Crippen molar-refractivity contribution in [2.75, 3.05) is 51.3 Å². The number of benzene rings is 1. The van der Waals surface area contributed by atoms with E-state index in [1.807, 2.05) is 29.2 Å². The van der Waals surface area contributed by atoms with Gasteiger partial charge in [0.25, 0.3) is 5.89 Å². The van der Waals surface area contributed by atoms with E-state index in [4.69, 9.17) is 9.15 Å². The SMILES string of the molecule is COc1ccc(N2CCN(C(=O)C3CCNCC3)CC2)c2oc(C#Cc3cccnc3)nc12. The molecule has 0 aliphatic carbocycles. The first-order valence-electron chi connectivity index (χ1n) is 11.4. The Bertz CT molecular complexity index is 1180. The number of methoxy groups -OCH3 is 1. The Labute approximate surface area is 192 Å². The molecule has 8 heteroatoms. The third kappa shape index (κ3) is 4.50. The second-order valence-corrected chi connectivity index (χ2v) is 8.31. The van der Waals surface area contributed by atoms with Gasteiger partial charge in [0.2, 0.25) is 5.91 Å². The fourth-order valence-electron chi connectivity index (χ4n) is 4.49. The highest BCUT2D eigenvalue weighted by Crippen LogP contribution is 2.34. The number of amides is 1. The third-order valence-electron chi connectivity index (χ3n) is 6.30. The molecule has 0 bridgehead atoms. The first kappa shape index (κ1) is 21.3. The van der Waals surface area contributed by atoms with Crippen molar-refractivity contribution in [2.24, 2.45) is 5.92 Å². The molecule has 8 nitrogen and oxygen atoms in total. The minimum absolute atomic E-state index is 0.153. The van der Waals surface area contributed by atoms with Crippen molar-refractivity contribution in [2.45, 2.75) is 12.8 Å². The van der Waals surface area contributed by atoms with Gasteiger partial charge in [0.05, 0.1) is 12.8 Å². The Hall–Kier alpha value is -3.57. The number of hydrogen-bond acceptors (Lipinski definition) is 7. The third-order valence-corrected chi connectivity index (χ3v) is 6.30. The number of oxazole rings is 1. The first-order chi connectivity index (χ1) is 16.2. The summed E-state index contributed by atoms with van der Waals surface area (Å²) in [5, 5.41) is 3.33. The molecule has 2 fully saturated rings. The second-order valence-electron chi connectivity index (χ2n) is 8.31. The highest BCUT2D eigenvalue weighted by atomic mass is 16.5. The normalized spacial score (nSPS) is 17.0. The number of carbonyl (C=O) groups is 1. The number of ether oxygens (including phenoxy) is 1. The van der Waals surface area contributed by atoms with Crippen molar-refractivity contribution >= 4 is 22.7 Å². The van der Waals surface area contributed by atoms with Crippen LogP contribution in [0.2, 0.25) is 0 Å². The molecule has 2 aliphatic rings. The van der Waals surface area contributed by atoms with Crippen molar-refractivity contribution in [1.82, 2.24) is 20.2 Å². The Morgan fingerprint density at radius 1 is 1.15 bits per heavy atom. The molecule has 1 N–H and O–H groups in total. The van der Waals surface area contributed by atoms with Gasteiger partial charge in [-0.15, -0.1) is 0 Å². The van der Waals surface area contributed by atoms with Crippen LogP contribution in [0.3, 0.4) is 0 Å². The number of anilines is 1. The van der Waals surface area contributed by atoms with Gasteiger partial charge in [0, 0.05) is 50.1 Å². The molecule has 1 aromatic carbocycles. The number of aromatic nitrogens is 2. The molecule has 1 amide bonds. The average molecular weight is 446 g/mol. The fourth-order valence-corrected chi connectivity index (χ4v) is 4.49. The molecule has 170 valence electrons. The van der Waals surface area contributed by atoms with E-state index in [-0.39, 0.29) is 5.92 Å². The van der Waals surface area contributed by atoms with E-state index in [0.717, 1.165) is 50.3 Å². The van der Waals surface area contributed by atoms with Crippen molar-refractivity contribution in [3.8, 4) is 17.6 Å². The molecule has 2 aliphatic heterocycles. The predicted molar refractivity (Wildman–Crippen MR) is 125 cm³/mol. The van der Waals surface area contributed by atoms with E-state index < -0.39 is 0 Å². The molecule has 0 saturated carbocycles. The highest BCUT2D eigenvalue weighted by molar-refractivity contribution is 5.92. The van der Waals surface area contributed by atoms with E-state index >= 15 is 0 Å². The highest BCUT2D eigenvalue weighted by Gasteiger charge is 2.29. The molecule has 0 unspecified atom stereocenters. The van der Waals surface area contributed by atoms with E-state index in [1.165, 1.54) is 0 Å². The minimum atomic E-state index is 0.153. The summed E-state index contributed by atoms with van der Waals surface area (Å²) in [4.78, 5) is 25.8. The lowest BCUT2D eigenvalue weighted by Crippen LogP contribution is -2.51. The lowest BCUT2D eigenvalue weighted by Gasteiger charge is -2.38. The number of piperazine rings is 1. The van der Waals surface area contributed by atoms with Crippen LogP contribution in [0, 0.1) is 17.8 Å². The smallest absolute Gasteiger partial charge is 0.274 e. The molecular formula is C25H27N5O3. The lowest BCUT2D eigenvalue weighted by atomic mass is 9.96. The number of fused-ring (bicyclic) bond motifs is 1. The fraction of sp³-hybridized carbons (Fsp3) is 0.400. The van der Waals surface area contributed by atoms with E-state index in [9.17, 15) is 4.79 Å². The zero-order valence-electron chi connectivity index (χ0n) is 18.7. The van der Waals surface area contributed by atoms with Crippen LogP contribution < -0.4 is 15.0 Å². The molecular weight excluding hydrogens is 418 g/mol. The van der Waals surface area contributed by atoms with Gasteiger partial charge in [0.15, 0.2) is 11.1 Å². The molecule has 33 heavy (non-hydrogen) atoms. The van der Waals surface area contributed by atoms with Crippen molar-refractivity contribution in [1.29, 1.82) is 0 Å². The predicted octanol–water partition coefficient (Wildman–Crippen LogP) is 2.28. The van der Waals surface area contributed by atoms with E-state index in [2.05, 4.69) is 32.0 Å². The van der Waals surface area contributed by atoms with Crippen LogP contribution in [0.25, 0.3) is 11.1 Å². The minimum Gasteiger partial charge on any atom is -0.494 e. The molecule has 0 atom stereocenters. The summed E-state index contributed by atoms with van der Waals surface area (Å²) in [6.45, 7) is 4.76. The maximum atomic E-state index is 12.9. The Balaban J connectivity index is 1.36. The summed E-state index contributed by atoms with van der Waals surface area (Å²) in [5.74, 6) is 7.45. The van der Waals surface area contributed by atoms with Gasteiger partial charge in [-0.2, -0.15) is 4.98 Å². The maximum absolute atomic E-state index is 12.9.